The molecule has 3 aromatic carbocycles. The van der Waals surface area contributed by atoms with Crippen LogP contribution in [0.25, 0.3) is 6.08 Å². The van der Waals surface area contributed by atoms with Crippen molar-refractivity contribution in [2.24, 2.45) is 4.99 Å². The Labute approximate surface area is 190 Å². The topological polar surface area (TPSA) is 134 Å². The van der Waals surface area contributed by atoms with E-state index in [1.54, 1.807) is 42.5 Å². The minimum Gasteiger partial charge on any atom is -0.450 e. The number of aliphatic imine (C=N–C) groups is 1. The Balaban J connectivity index is 1.61. The molecule has 0 amide bonds. The lowest BCUT2D eigenvalue weighted by Crippen LogP contribution is -2.05. The van der Waals surface area contributed by atoms with Crippen molar-refractivity contribution in [2.45, 2.75) is 0 Å². The molecule has 0 aromatic heterocycles. The highest BCUT2D eigenvalue weighted by Gasteiger charge is 2.25. The number of esters is 1. The first-order chi connectivity index (χ1) is 15.8. The lowest BCUT2D eigenvalue weighted by molar-refractivity contribution is -0.394. The largest absolute Gasteiger partial charge is 0.450 e. The summed E-state index contributed by atoms with van der Waals surface area (Å²) in [6.45, 7) is 0. The molecule has 10 nitrogen and oxygen atoms in total. The van der Waals surface area contributed by atoms with Crippen LogP contribution in [0, 0.1) is 20.2 Å². The zero-order chi connectivity index (χ0) is 23.5. The van der Waals surface area contributed by atoms with Gasteiger partial charge in [-0.2, -0.15) is 0 Å². The molecule has 0 atom stereocenters. The van der Waals surface area contributed by atoms with Gasteiger partial charge < -0.3 is 9.47 Å². The highest BCUT2D eigenvalue weighted by atomic mass is 35.5. The molecule has 4 rings (SSSR count). The molecule has 0 unspecified atom stereocenters. The first-order valence-corrected chi connectivity index (χ1v) is 9.67. The first kappa shape index (κ1) is 21.7. The van der Waals surface area contributed by atoms with Crippen molar-refractivity contribution in [1.82, 2.24) is 0 Å². The van der Waals surface area contributed by atoms with Crippen molar-refractivity contribution in [3.8, 4) is 11.5 Å². The van der Waals surface area contributed by atoms with Crippen LogP contribution in [0.15, 0.2) is 77.4 Å². The fourth-order valence-corrected chi connectivity index (χ4v) is 3.15. The molecule has 0 bridgehead atoms. The quantitative estimate of drug-likeness (QED) is 0.209. The SMILES string of the molecule is O=C1OC(c2cccc(Cl)c2)=NC1=Cc1cccc(Oc2ccc([N+](=O)[O-])cc2[N+](=O)[O-])c1. The molecule has 3 aromatic rings. The van der Waals surface area contributed by atoms with E-state index in [0.717, 1.165) is 18.2 Å². The Bertz CT molecular complexity index is 1370. The second kappa shape index (κ2) is 8.89. The van der Waals surface area contributed by atoms with Crippen LogP contribution in [0.2, 0.25) is 5.02 Å². The molecule has 1 aliphatic rings. The highest BCUT2D eigenvalue weighted by molar-refractivity contribution is 6.31. The van der Waals surface area contributed by atoms with Crippen LogP contribution < -0.4 is 4.74 Å². The van der Waals surface area contributed by atoms with Crippen molar-refractivity contribution < 1.29 is 24.1 Å². The van der Waals surface area contributed by atoms with Gasteiger partial charge in [-0.3, -0.25) is 20.2 Å². The zero-order valence-corrected chi connectivity index (χ0v) is 17.3. The Hall–Kier alpha value is -4.57. The molecular weight excluding hydrogens is 454 g/mol. The predicted molar refractivity (Wildman–Crippen MR) is 118 cm³/mol. The van der Waals surface area contributed by atoms with Gasteiger partial charge in [0, 0.05) is 16.7 Å². The lowest BCUT2D eigenvalue weighted by Gasteiger charge is -2.07. The zero-order valence-electron chi connectivity index (χ0n) is 16.5. The molecule has 11 heteroatoms. The maximum atomic E-state index is 12.2. The van der Waals surface area contributed by atoms with Crippen LogP contribution in [0.1, 0.15) is 11.1 Å². The smallest absolute Gasteiger partial charge is 0.363 e. The van der Waals surface area contributed by atoms with Crippen LogP contribution in [0.4, 0.5) is 11.4 Å². The van der Waals surface area contributed by atoms with Gasteiger partial charge in [0.25, 0.3) is 5.69 Å². The molecule has 164 valence electrons. The number of carbonyl (C=O) groups excluding carboxylic acids is 1. The number of ether oxygens (including phenoxy) is 2. The molecule has 0 saturated heterocycles. The Morgan fingerprint density at radius 3 is 2.48 bits per heavy atom. The minimum atomic E-state index is -0.769. The summed E-state index contributed by atoms with van der Waals surface area (Å²) in [5, 5.41) is 22.7. The third-order valence-electron chi connectivity index (χ3n) is 4.43. The number of hydrogen-bond acceptors (Lipinski definition) is 8. The van der Waals surface area contributed by atoms with Gasteiger partial charge in [-0.15, -0.1) is 0 Å². The van der Waals surface area contributed by atoms with Gasteiger partial charge in [-0.05, 0) is 48.0 Å². The van der Waals surface area contributed by atoms with Gasteiger partial charge in [-0.25, -0.2) is 9.79 Å². The standard InChI is InChI=1S/C22H12ClN3O7/c23-15-5-2-4-14(11-15)21-24-18(22(27)33-21)10-13-3-1-6-17(9-13)32-20-8-7-16(25(28)29)12-19(20)26(30)31/h1-12H. The summed E-state index contributed by atoms with van der Waals surface area (Å²) in [4.78, 5) is 37.1. The van der Waals surface area contributed by atoms with E-state index in [2.05, 4.69) is 4.99 Å². The first-order valence-electron chi connectivity index (χ1n) is 9.29. The molecule has 0 saturated carbocycles. The third kappa shape index (κ3) is 4.86. The average molecular weight is 466 g/mol. The molecule has 0 fully saturated rings. The van der Waals surface area contributed by atoms with Gasteiger partial charge in [0.2, 0.25) is 11.6 Å². The van der Waals surface area contributed by atoms with Crippen molar-refractivity contribution in [3.63, 3.8) is 0 Å². The van der Waals surface area contributed by atoms with Gasteiger partial charge in [-0.1, -0.05) is 29.8 Å². The van der Waals surface area contributed by atoms with E-state index in [4.69, 9.17) is 21.1 Å². The number of halogens is 1. The number of carbonyl (C=O) groups is 1. The molecule has 1 aliphatic heterocycles. The summed E-state index contributed by atoms with van der Waals surface area (Å²) in [6.07, 6.45) is 1.47. The number of benzene rings is 3. The molecule has 0 N–H and O–H groups in total. The Morgan fingerprint density at radius 2 is 1.76 bits per heavy atom. The Morgan fingerprint density at radius 1 is 0.970 bits per heavy atom. The summed E-state index contributed by atoms with van der Waals surface area (Å²) < 4.78 is 10.8. The summed E-state index contributed by atoms with van der Waals surface area (Å²) in [5.41, 5.74) is 0.120. The molecule has 0 aliphatic carbocycles. The van der Waals surface area contributed by atoms with Crippen molar-refractivity contribution >= 4 is 40.9 Å². The normalized spacial score (nSPS) is 14.0. The monoisotopic (exact) mass is 465 g/mol. The summed E-state index contributed by atoms with van der Waals surface area (Å²) in [6, 6.07) is 16.1. The second-order valence-electron chi connectivity index (χ2n) is 6.69. The molecular formula is C22H12ClN3O7. The molecule has 0 radical (unpaired) electrons. The highest BCUT2D eigenvalue weighted by Crippen LogP contribution is 2.35. The van der Waals surface area contributed by atoms with E-state index in [0.29, 0.717) is 16.1 Å². The third-order valence-corrected chi connectivity index (χ3v) is 4.67. The maximum Gasteiger partial charge on any atom is 0.363 e. The van der Waals surface area contributed by atoms with Crippen LogP contribution in [0.3, 0.4) is 0 Å². The minimum absolute atomic E-state index is 0.0449. The van der Waals surface area contributed by atoms with E-state index in [1.165, 1.54) is 12.1 Å². The summed E-state index contributed by atoms with van der Waals surface area (Å²) in [7, 11) is 0. The van der Waals surface area contributed by atoms with E-state index < -0.39 is 27.2 Å². The number of nitrogens with zero attached hydrogens (tertiary/aromatic N) is 3. The second-order valence-corrected chi connectivity index (χ2v) is 7.12. The number of nitro benzene ring substituents is 2. The average Bonchev–Trinajstić information content (AvgIpc) is 3.14. The van der Waals surface area contributed by atoms with E-state index in [9.17, 15) is 25.0 Å². The molecule has 33 heavy (non-hydrogen) atoms. The number of nitro groups is 2. The lowest BCUT2D eigenvalue weighted by atomic mass is 10.2. The predicted octanol–water partition coefficient (Wildman–Crippen LogP) is 5.29. The fraction of sp³-hybridized carbons (Fsp3) is 0. The van der Waals surface area contributed by atoms with Gasteiger partial charge in [0.05, 0.1) is 15.9 Å². The van der Waals surface area contributed by atoms with Crippen LogP contribution in [0.5, 0.6) is 11.5 Å². The van der Waals surface area contributed by atoms with Crippen LogP contribution in [-0.2, 0) is 9.53 Å². The summed E-state index contributed by atoms with van der Waals surface area (Å²) >= 11 is 5.97. The summed E-state index contributed by atoms with van der Waals surface area (Å²) in [5.74, 6) is -0.492. The Kier molecular flexibility index (Phi) is 5.83. The van der Waals surface area contributed by atoms with E-state index in [1.807, 2.05) is 0 Å². The molecule has 1 heterocycles. The van der Waals surface area contributed by atoms with Gasteiger partial charge in [0.1, 0.15) is 5.75 Å². The number of rotatable bonds is 6. The number of cyclic esters (lactones) is 1. The van der Waals surface area contributed by atoms with Crippen LogP contribution >= 0.6 is 11.6 Å². The van der Waals surface area contributed by atoms with Crippen molar-refractivity contribution in [1.29, 1.82) is 0 Å². The van der Waals surface area contributed by atoms with Crippen molar-refractivity contribution in [3.05, 3.63) is 109 Å². The van der Waals surface area contributed by atoms with Gasteiger partial charge in [0.15, 0.2) is 5.70 Å². The molecule has 0 spiro atoms. The van der Waals surface area contributed by atoms with E-state index >= 15 is 0 Å². The van der Waals surface area contributed by atoms with Crippen molar-refractivity contribution in [2.75, 3.05) is 0 Å². The number of hydrogen-bond donors (Lipinski definition) is 0. The van der Waals surface area contributed by atoms with E-state index in [-0.39, 0.29) is 23.1 Å². The van der Waals surface area contributed by atoms with Gasteiger partial charge >= 0.3 is 11.7 Å². The maximum absolute atomic E-state index is 12.2. The number of non-ortho nitro benzene ring substituents is 1. The fourth-order valence-electron chi connectivity index (χ4n) is 2.96. The van der Waals surface area contributed by atoms with Crippen LogP contribution in [-0.4, -0.2) is 21.7 Å².